The molecule has 0 amide bonds. The Morgan fingerprint density at radius 3 is 1.62 bits per heavy atom. The minimum absolute atomic E-state index is 0.121. The highest BCUT2D eigenvalue weighted by atomic mass is 15.1. The van der Waals surface area contributed by atoms with E-state index in [1.807, 2.05) is 0 Å². The zero-order valence-electron chi connectivity index (χ0n) is 33.2. The second-order valence-corrected chi connectivity index (χ2v) is 17.3. The maximum absolute atomic E-state index is 2.53. The Balaban J connectivity index is 1.11. The molecule has 0 fully saturated rings. The first kappa shape index (κ1) is 33.3. The highest BCUT2D eigenvalue weighted by Gasteiger charge is 2.39. The van der Waals surface area contributed by atoms with Gasteiger partial charge < -0.3 is 9.47 Å². The van der Waals surface area contributed by atoms with Crippen molar-refractivity contribution in [1.29, 1.82) is 0 Å². The predicted molar refractivity (Wildman–Crippen MR) is 246 cm³/mol. The maximum atomic E-state index is 2.53. The van der Waals surface area contributed by atoms with Gasteiger partial charge >= 0.3 is 0 Å². The van der Waals surface area contributed by atoms with Gasteiger partial charge in [0.05, 0.1) is 22.4 Å². The number of nitrogens with zero attached hydrogens (tertiary/aromatic N) is 2. The molecule has 9 aromatic carbocycles. The smallest absolute Gasteiger partial charge is 0.0546 e. The Morgan fingerprint density at radius 1 is 0.379 bits per heavy atom. The summed E-state index contributed by atoms with van der Waals surface area (Å²) in [7, 11) is 0. The molecule has 0 unspecified atom stereocenters. The minimum Gasteiger partial charge on any atom is -0.310 e. The molecule has 1 aromatic heterocycles. The summed E-state index contributed by atoms with van der Waals surface area (Å²) in [5.41, 5.74) is 17.6. The number of hydrogen-bond acceptors (Lipinski definition) is 1. The van der Waals surface area contributed by atoms with Gasteiger partial charge in [0.2, 0.25) is 0 Å². The molecule has 0 N–H and O–H groups in total. The number of anilines is 3. The third-order valence-corrected chi connectivity index (χ3v) is 13.6. The summed E-state index contributed by atoms with van der Waals surface area (Å²) in [5.74, 6) is 0. The van der Waals surface area contributed by atoms with Gasteiger partial charge in [-0.25, -0.2) is 0 Å². The molecule has 0 aliphatic heterocycles. The Hall–Kier alpha value is -6.90. The van der Waals surface area contributed by atoms with E-state index in [0.29, 0.717) is 0 Å². The molecule has 1 heterocycles. The quantitative estimate of drug-likeness (QED) is 0.163. The Kier molecular flexibility index (Phi) is 6.78. The topological polar surface area (TPSA) is 8.17 Å². The number of para-hydroxylation sites is 2. The van der Waals surface area contributed by atoms with E-state index in [1.54, 1.807) is 0 Å². The third-order valence-electron chi connectivity index (χ3n) is 13.6. The molecule has 2 nitrogen and oxygen atoms in total. The lowest BCUT2D eigenvalue weighted by Crippen LogP contribution is -2.18. The minimum atomic E-state index is -0.228. The average molecular weight is 743 g/mol. The van der Waals surface area contributed by atoms with Crippen LogP contribution in [0.4, 0.5) is 17.1 Å². The zero-order valence-corrected chi connectivity index (χ0v) is 33.2. The molecule has 2 aliphatic carbocycles. The van der Waals surface area contributed by atoms with Crippen LogP contribution in [0.1, 0.15) is 49.9 Å². The molecule has 12 rings (SSSR count). The lowest BCUT2D eigenvalue weighted by molar-refractivity contribution is 0.660. The lowest BCUT2D eigenvalue weighted by atomic mass is 9.82. The fraction of sp³-hybridized carbons (Fsp3) is 0.107. The van der Waals surface area contributed by atoms with Gasteiger partial charge in [-0.2, -0.15) is 0 Å². The van der Waals surface area contributed by atoms with Crippen molar-refractivity contribution in [1.82, 2.24) is 4.57 Å². The van der Waals surface area contributed by atoms with Gasteiger partial charge in [0.25, 0.3) is 0 Å². The molecule has 0 saturated carbocycles. The van der Waals surface area contributed by atoms with Gasteiger partial charge in [-0.1, -0.05) is 161 Å². The highest BCUT2D eigenvalue weighted by Crippen LogP contribution is 2.55. The van der Waals surface area contributed by atoms with Crippen molar-refractivity contribution in [3.8, 4) is 27.9 Å². The van der Waals surface area contributed by atoms with E-state index >= 15 is 0 Å². The number of aromatic nitrogens is 1. The van der Waals surface area contributed by atoms with Crippen LogP contribution in [-0.4, -0.2) is 4.57 Å². The second kappa shape index (κ2) is 11.8. The van der Waals surface area contributed by atoms with E-state index in [0.717, 1.165) is 5.69 Å². The van der Waals surface area contributed by atoms with Crippen LogP contribution in [0.2, 0.25) is 0 Å². The number of hydrogen-bond donors (Lipinski definition) is 0. The molecule has 0 saturated heterocycles. The van der Waals surface area contributed by atoms with E-state index in [9.17, 15) is 0 Å². The molecule has 0 radical (unpaired) electrons. The van der Waals surface area contributed by atoms with Crippen LogP contribution in [0.5, 0.6) is 0 Å². The average Bonchev–Trinajstić information content (AvgIpc) is 3.80. The standard InChI is InChI=1S/C56H42N2/c1-55(2)46-23-12-9-19-40(46)41-30-28-36(33-48(41)55)57(53-32-35-16-5-6-17-38(35)39-18-7-8-20-42(39)53)37-29-31-45-49(34-37)56(3,4)47-24-15-27-52(54(45)47)58-50-25-13-10-21-43(50)44-22-11-14-26-51(44)58/h5-34H,1-4H3. The summed E-state index contributed by atoms with van der Waals surface area (Å²) in [5, 5.41) is 7.57. The molecule has 0 bridgehead atoms. The van der Waals surface area contributed by atoms with Crippen LogP contribution < -0.4 is 4.90 Å². The van der Waals surface area contributed by atoms with E-state index in [-0.39, 0.29) is 10.8 Å². The number of rotatable bonds is 4. The van der Waals surface area contributed by atoms with Crippen LogP contribution in [0.25, 0.3) is 71.3 Å². The molecule has 58 heavy (non-hydrogen) atoms. The molecule has 0 atom stereocenters. The van der Waals surface area contributed by atoms with Gasteiger partial charge in [-0.05, 0) is 104 Å². The summed E-state index contributed by atoms with van der Waals surface area (Å²) < 4.78 is 2.49. The van der Waals surface area contributed by atoms with Crippen molar-refractivity contribution in [2.75, 3.05) is 4.90 Å². The molecule has 2 heteroatoms. The van der Waals surface area contributed by atoms with E-state index in [4.69, 9.17) is 0 Å². The highest BCUT2D eigenvalue weighted by molar-refractivity contribution is 6.15. The fourth-order valence-electron chi connectivity index (χ4n) is 10.7. The molecule has 0 spiro atoms. The Labute approximate surface area is 339 Å². The van der Waals surface area contributed by atoms with E-state index in [2.05, 4.69) is 219 Å². The van der Waals surface area contributed by atoms with Crippen molar-refractivity contribution < 1.29 is 0 Å². The summed E-state index contributed by atoms with van der Waals surface area (Å²) in [6.07, 6.45) is 0. The van der Waals surface area contributed by atoms with Gasteiger partial charge in [-0.15, -0.1) is 0 Å². The lowest BCUT2D eigenvalue weighted by Gasteiger charge is -2.31. The van der Waals surface area contributed by atoms with Crippen molar-refractivity contribution in [3.05, 3.63) is 204 Å². The number of benzene rings is 9. The first-order valence-corrected chi connectivity index (χ1v) is 20.5. The van der Waals surface area contributed by atoms with Gasteiger partial charge in [0, 0.05) is 43.9 Å². The second-order valence-electron chi connectivity index (χ2n) is 17.3. The summed E-state index contributed by atoms with van der Waals surface area (Å²) in [4.78, 5) is 2.53. The SMILES string of the molecule is CC1(C)c2ccccc2-c2ccc(N(c3ccc4c(c3)C(C)(C)c3cccc(-n5c6ccccc6c6ccccc65)c3-4)c3cc4ccccc4c4ccccc34)cc21. The van der Waals surface area contributed by atoms with Crippen LogP contribution in [0, 0.1) is 0 Å². The zero-order chi connectivity index (χ0) is 38.9. The van der Waals surface area contributed by atoms with Gasteiger partial charge in [0.1, 0.15) is 0 Å². The molecule has 2 aliphatic rings. The predicted octanol–water partition coefficient (Wildman–Crippen LogP) is 15.2. The summed E-state index contributed by atoms with van der Waals surface area (Å²) in [6, 6.07) is 68.1. The molecule has 10 aromatic rings. The third kappa shape index (κ3) is 4.43. The maximum Gasteiger partial charge on any atom is 0.0546 e. The Bertz CT molecular complexity index is 3300. The Morgan fingerprint density at radius 2 is 0.897 bits per heavy atom. The largest absolute Gasteiger partial charge is 0.310 e. The van der Waals surface area contributed by atoms with Crippen LogP contribution in [0.3, 0.4) is 0 Å². The van der Waals surface area contributed by atoms with Crippen LogP contribution >= 0.6 is 0 Å². The van der Waals surface area contributed by atoms with Crippen molar-refractivity contribution in [3.63, 3.8) is 0 Å². The first-order chi connectivity index (χ1) is 28.3. The van der Waals surface area contributed by atoms with Crippen molar-refractivity contribution >= 4 is 60.4 Å². The van der Waals surface area contributed by atoms with Crippen LogP contribution in [-0.2, 0) is 10.8 Å². The molecule has 276 valence electrons. The van der Waals surface area contributed by atoms with Crippen molar-refractivity contribution in [2.45, 2.75) is 38.5 Å². The van der Waals surface area contributed by atoms with Gasteiger partial charge in [0.15, 0.2) is 0 Å². The first-order valence-electron chi connectivity index (χ1n) is 20.5. The fourth-order valence-corrected chi connectivity index (χ4v) is 10.7. The molecular formula is C56H42N2. The number of fused-ring (bicyclic) bond motifs is 12. The van der Waals surface area contributed by atoms with Crippen LogP contribution in [0.15, 0.2) is 182 Å². The van der Waals surface area contributed by atoms with Crippen molar-refractivity contribution in [2.24, 2.45) is 0 Å². The monoisotopic (exact) mass is 742 g/mol. The summed E-state index contributed by atoms with van der Waals surface area (Å²) >= 11 is 0. The molecular weight excluding hydrogens is 701 g/mol. The van der Waals surface area contributed by atoms with E-state index < -0.39 is 0 Å². The van der Waals surface area contributed by atoms with E-state index in [1.165, 1.54) is 105 Å². The van der Waals surface area contributed by atoms with Gasteiger partial charge in [-0.3, -0.25) is 0 Å². The summed E-state index contributed by atoms with van der Waals surface area (Å²) in [6.45, 7) is 9.56. The normalized spacial score (nSPS) is 14.5.